The molecule has 2 fully saturated rings. The van der Waals surface area contributed by atoms with E-state index < -0.39 is 20.0 Å². The first-order valence-electron chi connectivity index (χ1n) is 9.48. The van der Waals surface area contributed by atoms with E-state index in [0.29, 0.717) is 26.3 Å². The van der Waals surface area contributed by atoms with Gasteiger partial charge in [0, 0.05) is 38.1 Å². The first kappa shape index (κ1) is 20.4. The molecule has 1 saturated heterocycles. The van der Waals surface area contributed by atoms with Crippen molar-refractivity contribution < 1.29 is 21.6 Å². The number of benzene rings is 1. The minimum atomic E-state index is -3.75. The molecule has 8 nitrogen and oxygen atoms in total. The van der Waals surface area contributed by atoms with E-state index in [1.54, 1.807) is 18.5 Å². The number of pyridine rings is 1. The number of hydrogen-bond acceptors (Lipinski definition) is 6. The fourth-order valence-corrected chi connectivity index (χ4v) is 6.38. The maximum absolute atomic E-state index is 13.2. The van der Waals surface area contributed by atoms with Crippen LogP contribution < -0.4 is 0 Å². The molecule has 4 rings (SSSR count). The second kappa shape index (κ2) is 8.11. The monoisotopic (exact) mass is 437 g/mol. The Labute approximate surface area is 171 Å². The molecular formula is C19H23N3O5S2. The number of nitrogens with zero attached hydrogens (tertiary/aromatic N) is 3. The average Bonchev–Trinajstić information content (AvgIpc) is 3.58. The first-order chi connectivity index (χ1) is 13.9. The zero-order chi connectivity index (χ0) is 20.5. The van der Waals surface area contributed by atoms with Crippen LogP contribution in [-0.4, -0.2) is 62.8 Å². The highest BCUT2D eigenvalue weighted by Gasteiger charge is 2.38. The van der Waals surface area contributed by atoms with Gasteiger partial charge in [-0.1, -0.05) is 6.07 Å². The summed E-state index contributed by atoms with van der Waals surface area (Å²) in [6, 6.07) is 9.08. The third kappa shape index (κ3) is 4.36. The Morgan fingerprint density at radius 3 is 2.24 bits per heavy atom. The molecule has 1 aromatic carbocycles. The van der Waals surface area contributed by atoms with Crippen LogP contribution in [0.3, 0.4) is 0 Å². The Balaban J connectivity index is 1.58. The zero-order valence-electron chi connectivity index (χ0n) is 15.8. The van der Waals surface area contributed by atoms with E-state index in [4.69, 9.17) is 4.74 Å². The zero-order valence-corrected chi connectivity index (χ0v) is 17.5. The van der Waals surface area contributed by atoms with Crippen molar-refractivity contribution in [3.8, 4) is 0 Å². The van der Waals surface area contributed by atoms with Crippen LogP contribution in [0.25, 0.3) is 0 Å². The molecule has 0 atom stereocenters. The Hall–Kier alpha value is -1.85. The Morgan fingerprint density at radius 2 is 1.66 bits per heavy atom. The molecule has 1 saturated carbocycles. The van der Waals surface area contributed by atoms with Crippen LogP contribution in [0.4, 0.5) is 0 Å². The summed E-state index contributed by atoms with van der Waals surface area (Å²) in [5, 5.41) is 0. The van der Waals surface area contributed by atoms with Gasteiger partial charge in [-0.3, -0.25) is 4.98 Å². The molecule has 0 spiro atoms. The van der Waals surface area contributed by atoms with Crippen LogP contribution in [-0.2, 0) is 31.3 Å². The fraction of sp³-hybridized carbons (Fsp3) is 0.421. The summed E-state index contributed by atoms with van der Waals surface area (Å²) in [7, 11) is -7.41. The Bertz CT molecular complexity index is 1050. The summed E-state index contributed by atoms with van der Waals surface area (Å²) in [6.07, 6.45) is 4.95. The van der Waals surface area contributed by atoms with Gasteiger partial charge >= 0.3 is 0 Å². The second-order valence-corrected chi connectivity index (χ2v) is 11.0. The summed E-state index contributed by atoms with van der Waals surface area (Å²) in [5.41, 5.74) is 0.814. The normalized spacial score (nSPS) is 18.8. The van der Waals surface area contributed by atoms with Gasteiger partial charge in [0.1, 0.15) is 0 Å². The standard InChI is InChI=1S/C19H23N3O5S2/c23-28(24,21-10-12-27-13-11-21)18-5-7-19(8-6-18)29(25,26)22(17-3-4-17)15-16-2-1-9-20-14-16/h1-2,5-9,14,17H,3-4,10-13,15H2. The largest absolute Gasteiger partial charge is 0.379 e. The molecule has 0 unspecified atom stereocenters. The van der Waals surface area contributed by atoms with Crippen LogP contribution >= 0.6 is 0 Å². The lowest BCUT2D eigenvalue weighted by Gasteiger charge is -2.26. The summed E-state index contributed by atoms with van der Waals surface area (Å²) in [5.74, 6) is 0. The van der Waals surface area contributed by atoms with E-state index in [1.165, 1.54) is 32.9 Å². The Morgan fingerprint density at radius 1 is 1.00 bits per heavy atom. The van der Waals surface area contributed by atoms with E-state index in [1.807, 2.05) is 6.07 Å². The highest BCUT2D eigenvalue weighted by molar-refractivity contribution is 7.89. The van der Waals surface area contributed by atoms with Crippen molar-refractivity contribution in [2.75, 3.05) is 26.3 Å². The molecule has 156 valence electrons. The molecule has 0 amide bonds. The maximum atomic E-state index is 13.2. The fourth-order valence-electron chi connectivity index (χ4n) is 3.30. The number of rotatable bonds is 7. The van der Waals surface area contributed by atoms with Crippen molar-refractivity contribution in [2.24, 2.45) is 0 Å². The van der Waals surface area contributed by atoms with Crippen molar-refractivity contribution >= 4 is 20.0 Å². The highest BCUT2D eigenvalue weighted by Crippen LogP contribution is 2.33. The number of sulfonamides is 2. The number of morpholine rings is 1. The second-order valence-electron chi connectivity index (χ2n) is 7.13. The number of hydrogen-bond donors (Lipinski definition) is 0. The molecule has 1 aliphatic heterocycles. The van der Waals surface area contributed by atoms with Gasteiger partial charge in [-0.05, 0) is 48.7 Å². The summed E-state index contributed by atoms with van der Waals surface area (Å²) in [6.45, 7) is 1.55. The quantitative estimate of drug-likeness (QED) is 0.651. The smallest absolute Gasteiger partial charge is 0.243 e. The maximum Gasteiger partial charge on any atom is 0.243 e. The van der Waals surface area contributed by atoms with Crippen LogP contribution in [0.2, 0.25) is 0 Å². The highest BCUT2D eigenvalue weighted by atomic mass is 32.2. The van der Waals surface area contributed by atoms with Crippen molar-refractivity contribution in [1.29, 1.82) is 0 Å². The van der Waals surface area contributed by atoms with Gasteiger partial charge < -0.3 is 4.74 Å². The molecule has 0 bridgehead atoms. The SMILES string of the molecule is O=S(=O)(c1ccc(S(=O)(=O)N(Cc2cccnc2)C2CC2)cc1)N1CCOCC1. The topological polar surface area (TPSA) is 96.9 Å². The lowest BCUT2D eigenvalue weighted by atomic mass is 10.3. The third-order valence-corrected chi connectivity index (χ3v) is 8.88. The van der Waals surface area contributed by atoms with E-state index in [-0.39, 0.29) is 22.4 Å². The molecule has 0 N–H and O–H groups in total. The molecular weight excluding hydrogens is 414 g/mol. The van der Waals surface area contributed by atoms with Crippen molar-refractivity contribution in [1.82, 2.24) is 13.6 Å². The molecule has 1 aromatic heterocycles. The Kier molecular flexibility index (Phi) is 5.71. The summed E-state index contributed by atoms with van der Waals surface area (Å²) in [4.78, 5) is 4.23. The van der Waals surface area contributed by atoms with Crippen LogP contribution in [0.15, 0.2) is 58.6 Å². The molecule has 2 aliphatic rings. The molecule has 2 heterocycles. The van der Waals surface area contributed by atoms with E-state index in [9.17, 15) is 16.8 Å². The molecule has 1 aliphatic carbocycles. The third-order valence-electron chi connectivity index (χ3n) is 5.05. The van der Waals surface area contributed by atoms with Crippen molar-refractivity contribution in [3.05, 3.63) is 54.4 Å². The van der Waals surface area contributed by atoms with Gasteiger partial charge in [0.05, 0.1) is 23.0 Å². The molecule has 10 heteroatoms. The lowest BCUT2D eigenvalue weighted by Crippen LogP contribution is -2.40. The van der Waals surface area contributed by atoms with E-state index in [0.717, 1.165) is 18.4 Å². The van der Waals surface area contributed by atoms with Crippen LogP contribution in [0.5, 0.6) is 0 Å². The van der Waals surface area contributed by atoms with Crippen LogP contribution in [0, 0.1) is 0 Å². The first-order valence-corrected chi connectivity index (χ1v) is 12.4. The van der Waals surface area contributed by atoms with Gasteiger partial charge in [-0.25, -0.2) is 16.8 Å². The lowest BCUT2D eigenvalue weighted by molar-refractivity contribution is 0.0730. The molecule has 0 radical (unpaired) electrons. The summed E-state index contributed by atoms with van der Waals surface area (Å²) >= 11 is 0. The molecule has 29 heavy (non-hydrogen) atoms. The van der Waals surface area contributed by atoms with Gasteiger partial charge in [0.25, 0.3) is 0 Å². The molecule has 2 aromatic rings. The predicted octanol–water partition coefficient (Wildman–Crippen LogP) is 1.46. The van der Waals surface area contributed by atoms with Crippen molar-refractivity contribution in [3.63, 3.8) is 0 Å². The minimum Gasteiger partial charge on any atom is -0.379 e. The summed E-state index contributed by atoms with van der Waals surface area (Å²) < 4.78 is 60.0. The van der Waals surface area contributed by atoms with Crippen molar-refractivity contribution in [2.45, 2.75) is 35.2 Å². The van der Waals surface area contributed by atoms with Gasteiger partial charge in [0.15, 0.2) is 0 Å². The van der Waals surface area contributed by atoms with Gasteiger partial charge in [-0.15, -0.1) is 0 Å². The van der Waals surface area contributed by atoms with Crippen LogP contribution in [0.1, 0.15) is 18.4 Å². The predicted molar refractivity (Wildman–Crippen MR) is 106 cm³/mol. The van der Waals surface area contributed by atoms with Gasteiger partial charge in [-0.2, -0.15) is 8.61 Å². The number of aromatic nitrogens is 1. The minimum absolute atomic E-state index is 0.0306. The van der Waals surface area contributed by atoms with Gasteiger partial charge in [0.2, 0.25) is 20.0 Å². The number of ether oxygens (including phenoxy) is 1. The van der Waals surface area contributed by atoms with E-state index >= 15 is 0 Å². The average molecular weight is 438 g/mol. The van der Waals surface area contributed by atoms with E-state index in [2.05, 4.69) is 4.98 Å².